The van der Waals surface area contributed by atoms with Gasteiger partial charge in [0.2, 0.25) is 0 Å². The van der Waals surface area contributed by atoms with Crippen LogP contribution in [0.1, 0.15) is 12.0 Å². The van der Waals surface area contributed by atoms with Gasteiger partial charge in [0.25, 0.3) is 5.56 Å². The van der Waals surface area contributed by atoms with Crippen LogP contribution in [0.3, 0.4) is 0 Å². The fraction of sp³-hybridized carbons (Fsp3) is 0.211. The summed E-state index contributed by atoms with van der Waals surface area (Å²) in [4.78, 5) is 28.3. The maximum Gasteiger partial charge on any atom is 0.310 e. The molecule has 0 aliphatic heterocycles. The molecule has 5 heteroatoms. The van der Waals surface area contributed by atoms with Crippen molar-refractivity contribution >= 4 is 16.9 Å². The lowest BCUT2D eigenvalue weighted by molar-refractivity contribution is -0.143. The smallest absolute Gasteiger partial charge is 0.310 e. The van der Waals surface area contributed by atoms with Gasteiger partial charge in [-0.3, -0.25) is 14.2 Å². The number of aryl methyl sites for hydroxylation is 1. The summed E-state index contributed by atoms with van der Waals surface area (Å²) in [6.07, 6.45) is 2.37. The van der Waals surface area contributed by atoms with E-state index in [9.17, 15) is 9.59 Å². The summed E-state index contributed by atoms with van der Waals surface area (Å²) >= 11 is 0. The number of esters is 1. The van der Waals surface area contributed by atoms with Gasteiger partial charge in [-0.2, -0.15) is 0 Å². The molecule has 0 radical (unpaired) electrons. The van der Waals surface area contributed by atoms with Gasteiger partial charge >= 0.3 is 5.97 Å². The number of carbonyl (C=O) groups is 1. The quantitative estimate of drug-likeness (QED) is 0.517. The van der Waals surface area contributed by atoms with E-state index in [-0.39, 0.29) is 24.6 Å². The standard InChI is InChI=1S/C19H18N2O3/c22-18(13-15-7-2-1-3-8-15)24-12-6-11-21-14-20-17-10-5-4-9-16(17)19(21)23/h1-5,7-10,14H,6,11-13H2. The molecule has 0 aliphatic carbocycles. The van der Waals surface area contributed by atoms with Crippen LogP contribution in [0.4, 0.5) is 0 Å². The minimum atomic E-state index is -0.259. The molecule has 0 spiro atoms. The molecule has 0 N–H and O–H groups in total. The minimum Gasteiger partial charge on any atom is -0.465 e. The third kappa shape index (κ3) is 3.87. The van der Waals surface area contributed by atoms with Gasteiger partial charge in [0.1, 0.15) is 0 Å². The van der Waals surface area contributed by atoms with Gasteiger partial charge in [0.15, 0.2) is 0 Å². The normalized spacial score (nSPS) is 10.7. The topological polar surface area (TPSA) is 61.2 Å². The molecule has 3 aromatic rings. The van der Waals surface area contributed by atoms with Crippen molar-refractivity contribution in [1.82, 2.24) is 9.55 Å². The van der Waals surface area contributed by atoms with E-state index in [0.717, 1.165) is 5.56 Å². The monoisotopic (exact) mass is 322 g/mol. The number of fused-ring (bicyclic) bond motifs is 1. The second-order valence-corrected chi connectivity index (χ2v) is 5.50. The molecule has 0 amide bonds. The SMILES string of the molecule is O=C(Cc1ccccc1)OCCCn1cnc2ccccc2c1=O. The van der Waals surface area contributed by atoms with Gasteiger partial charge in [-0.1, -0.05) is 42.5 Å². The van der Waals surface area contributed by atoms with E-state index in [1.807, 2.05) is 48.5 Å². The molecular weight excluding hydrogens is 304 g/mol. The summed E-state index contributed by atoms with van der Waals surface area (Å²) in [5, 5.41) is 0.598. The first-order valence-electron chi connectivity index (χ1n) is 7.88. The second-order valence-electron chi connectivity index (χ2n) is 5.50. The second kappa shape index (κ2) is 7.55. The molecule has 24 heavy (non-hydrogen) atoms. The largest absolute Gasteiger partial charge is 0.465 e. The molecule has 0 aliphatic rings. The zero-order chi connectivity index (χ0) is 16.8. The van der Waals surface area contributed by atoms with Crippen LogP contribution < -0.4 is 5.56 Å². The molecule has 122 valence electrons. The Hall–Kier alpha value is -2.95. The van der Waals surface area contributed by atoms with Crippen LogP contribution in [-0.4, -0.2) is 22.1 Å². The number of aromatic nitrogens is 2. The highest BCUT2D eigenvalue weighted by atomic mass is 16.5. The number of benzene rings is 2. The lowest BCUT2D eigenvalue weighted by Crippen LogP contribution is -2.21. The Morgan fingerprint density at radius 3 is 2.62 bits per heavy atom. The number of nitrogens with zero attached hydrogens (tertiary/aromatic N) is 2. The van der Waals surface area contributed by atoms with Crippen molar-refractivity contribution in [3.8, 4) is 0 Å². The van der Waals surface area contributed by atoms with E-state index in [2.05, 4.69) is 4.98 Å². The molecule has 0 saturated heterocycles. The highest BCUT2D eigenvalue weighted by molar-refractivity contribution is 5.76. The molecule has 0 atom stereocenters. The van der Waals surface area contributed by atoms with Crippen molar-refractivity contribution in [2.24, 2.45) is 0 Å². The van der Waals surface area contributed by atoms with E-state index < -0.39 is 0 Å². The molecule has 0 unspecified atom stereocenters. The number of rotatable bonds is 6. The van der Waals surface area contributed by atoms with Crippen molar-refractivity contribution in [3.05, 3.63) is 76.8 Å². The highest BCUT2D eigenvalue weighted by Gasteiger charge is 2.06. The molecular formula is C19H18N2O3. The van der Waals surface area contributed by atoms with Crippen molar-refractivity contribution in [2.45, 2.75) is 19.4 Å². The van der Waals surface area contributed by atoms with Gasteiger partial charge in [0, 0.05) is 6.54 Å². The van der Waals surface area contributed by atoms with Crippen molar-refractivity contribution in [2.75, 3.05) is 6.61 Å². The molecule has 2 aromatic carbocycles. The predicted molar refractivity (Wildman–Crippen MR) is 91.7 cm³/mol. The Morgan fingerprint density at radius 1 is 1.04 bits per heavy atom. The molecule has 0 saturated carbocycles. The van der Waals surface area contributed by atoms with Crippen LogP contribution in [-0.2, 0) is 22.5 Å². The first-order chi connectivity index (χ1) is 11.7. The molecule has 0 fully saturated rings. The average molecular weight is 322 g/mol. The lowest BCUT2D eigenvalue weighted by atomic mass is 10.2. The molecule has 1 aromatic heterocycles. The third-order valence-electron chi connectivity index (χ3n) is 3.73. The van der Waals surface area contributed by atoms with E-state index in [1.54, 1.807) is 10.6 Å². The lowest BCUT2D eigenvalue weighted by Gasteiger charge is -2.07. The predicted octanol–water partition coefficient (Wildman–Crippen LogP) is 2.57. The van der Waals surface area contributed by atoms with E-state index in [0.29, 0.717) is 23.9 Å². The molecule has 5 nitrogen and oxygen atoms in total. The van der Waals surface area contributed by atoms with Crippen LogP contribution in [0.25, 0.3) is 10.9 Å². The van der Waals surface area contributed by atoms with Gasteiger partial charge in [-0.25, -0.2) is 4.98 Å². The maximum atomic E-state index is 12.3. The van der Waals surface area contributed by atoms with E-state index >= 15 is 0 Å². The summed E-state index contributed by atoms with van der Waals surface area (Å²) in [5.74, 6) is -0.259. The summed E-state index contributed by atoms with van der Waals surface area (Å²) in [6.45, 7) is 0.750. The first kappa shape index (κ1) is 15.9. The van der Waals surface area contributed by atoms with Crippen LogP contribution in [0.2, 0.25) is 0 Å². The number of hydrogen-bond acceptors (Lipinski definition) is 4. The summed E-state index contributed by atoms with van der Waals surface area (Å²) < 4.78 is 6.77. The number of carbonyl (C=O) groups excluding carboxylic acids is 1. The summed E-state index contributed by atoms with van der Waals surface area (Å²) in [7, 11) is 0. The van der Waals surface area contributed by atoms with Gasteiger partial charge in [0.05, 0.1) is 30.3 Å². The Morgan fingerprint density at radius 2 is 1.79 bits per heavy atom. The van der Waals surface area contributed by atoms with Crippen LogP contribution in [0, 0.1) is 0 Å². The van der Waals surface area contributed by atoms with E-state index in [1.165, 1.54) is 6.33 Å². The Bertz CT molecular complexity index is 888. The zero-order valence-electron chi connectivity index (χ0n) is 13.2. The Kier molecular flexibility index (Phi) is 5.01. The fourth-order valence-corrected chi connectivity index (χ4v) is 2.50. The van der Waals surface area contributed by atoms with Gasteiger partial charge < -0.3 is 4.74 Å². The van der Waals surface area contributed by atoms with Crippen LogP contribution in [0.15, 0.2) is 65.7 Å². The van der Waals surface area contributed by atoms with Crippen molar-refractivity contribution < 1.29 is 9.53 Å². The Balaban J connectivity index is 1.51. The van der Waals surface area contributed by atoms with Gasteiger partial charge in [-0.05, 0) is 24.1 Å². The molecule has 0 bridgehead atoms. The first-order valence-corrected chi connectivity index (χ1v) is 7.88. The number of hydrogen-bond donors (Lipinski definition) is 0. The van der Waals surface area contributed by atoms with E-state index in [4.69, 9.17) is 4.74 Å². The molecule has 3 rings (SSSR count). The summed E-state index contributed by atoms with van der Waals surface area (Å²) in [6, 6.07) is 16.7. The summed E-state index contributed by atoms with van der Waals surface area (Å²) in [5.41, 5.74) is 1.54. The number of ether oxygens (including phenoxy) is 1. The average Bonchev–Trinajstić information content (AvgIpc) is 2.61. The zero-order valence-corrected chi connectivity index (χ0v) is 13.2. The van der Waals surface area contributed by atoms with Crippen LogP contribution >= 0.6 is 0 Å². The number of para-hydroxylation sites is 1. The highest BCUT2D eigenvalue weighted by Crippen LogP contribution is 2.05. The van der Waals surface area contributed by atoms with Crippen LogP contribution in [0.5, 0.6) is 0 Å². The Labute approximate surface area is 139 Å². The maximum absolute atomic E-state index is 12.3. The van der Waals surface area contributed by atoms with Crippen molar-refractivity contribution in [1.29, 1.82) is 0 Å². The van der Waals surface area contributed by atoms with Gasteiger partial charge in [-0.15, -0.1) is 0 Å². The minimum absolute atomic E-state index is 0.0730. The van der Waals surface area contributed by atoms with Crippen molar-refractivity contribution in [3.63, 3.8) is 0 Å². The fourth-order valence-electron chi connectivity index (χ4n) is 2.50. The third-order valence-corrected chi connectivity index (χ3v) is 3.73. The molecule has 1 heterocycles.